The quantitative estimate of drug-likeness (QED) is 0.517. The molecule has 98 valence electrons. The van der Waals surface area contributed by atoms with Gasteiger partial charge in [0.15, 0.2) is 0 Å². The van der Waals surface area contributed by atoms with Crippen LogP contribution in [0.1, 0.15) is 65.2 Å². The lowest BCUT2D eigenvalue weighted by atomic mass is 9.99. The first-order valence-electron chi connectivity index (χ1n) is 6.99. The molecule has 2 nitrogen and oxygen atoms in total. The highest BCUT2D eigenvalue weighted by atomic mass is 16.5. The van der Waals surface area contributed by atoms with Gasteiger partial charge in [0.1, 0.15) is 0 Å². The molecule has 0 fully saturated rings. The summed E-state index contributed by atoms with van der Waals surface area (Å²) in [5, 5.41) is 8.55. The summed E-state index contributed by atoms with van der Waals surface area (Å²) in [6, 6.07) is 0. The minimum absolute atomic E-state index is 0.145. The summed E-state index contributed by atoms with van der Waals surface area (Å²) in [4.78, 5) is 0. The van der Waals surface area contributed by atoms with Crippen molar-refractivity contribution in [3.63, 3.8) is 0 Å². The van der Waals surface area contributed by atoms with Crippen LogP contribution < -0.4 is 0 Å². The molecule has 0 aromatic carbocycles. The van der Waals surface area contributed by atoms with Crippen molar-refractivity contribution in [2.45, 2.75) is 65.2 Å². The van der Waals surface area contributed by atoms with Gasteiger partial charge in [-0.15, -0.1) is 0 Å². The number of unbranched alkanes of at least 4 members (excludes halogenated alkanes) is 5. The van der Waals surface area contributed by atoms with Gasteiger partial charge in [0.05, 0.1) is 13.2 Å². The fourth-order valence-corrected chi connectivity index (χ4v) is 1.87. The number of hydrogen-bond donors (Lipinski definition) is 1. The summed E-state index contributed by atoms with van der Waals surface area (Å²) < 4.78 is 5.26. The third-order valence-electron chi connectivity index (χ3n) is 3.04. The Kier molecular flexibility index (Phi) is 12.9. The molecule has 1 N–H and O–H groups in total. The van der Waals surface area contributed by atoms with Gasteiger partial charge in [0.2, 0.25) is 0 Å². The Balaban J connectivity index is 3.08. The first kappa shape index (κ1) is 15.9. The Morgan fingerprint density at radius 1 is 0.938 bits per heavy atom. The first-order valence-corrected chi connectivity index (χ1v) is 6.99. The molecule has 0 bridgehead atoms. The monoisotopic (exact) mass is 230 g/mol. The zero-order valence-corrected chi connectivity index (χ0v) is 11.2. The lowest BCUT2D eigenvalue weighted by Gasteiger charge is -2.11. The predicted octanol–water partition coefficient (Wildman–Crippen LogP) is 3.77. The van der Waals surface area contributed by atoms with Crippen LogP contribution in [-0.4, -0.2) is 24.9 Å². The Bertz CT molecular complexity index is 126. The van der Waals surface area contributed by atoms with Crippen LogP contribution in [0.4, 0.5) is 0 Å². The molecule has 0 aliphatic carbocycles. The maximum absolute atomic E-state index is 8.55. The van der Waals surface area contributed by atoms with Crippen LogP contribution in [0.15, 0.2) is 0 Å². The van der Waals surface area contributed by atoms with Crippen molar-refractivity contribution >= 4 is 0 Å². The molecule has 0 aromatic rings. The average Bonchev–Trinajstić information content (AvgIpc) is 2.29. The lowest BCUT2D eigenvalue weighted by Crippen LogP contribution is -2.05. The fraction of sp³-hybridized carbons (Fsp3) is 1.00. The fourth-order valence-electron chi connectivity index (χ4n) is 1.87. The van der Waals surface area contributed by atoms with E-state index in [-0.39, 0.29) is 6.61 Å². The molecule has 0 aliphatic rings. The normalized spacial score (nSPS) is 12.9. The van der Waals surface area contributed by atoms with Crippen molar-refractivity contribution in [2.75, 3.05) is 19.8 Å². The summed E-state index contributed by atoms with van der Waals surface area (Å²) in [6.07, 6.45) is 10.8. The minimum atomic E-state index is 0.145. The second kappa shape index (κ2) is 13.0. The minimum Gasteiger partial charge on any atom is -0.394 e. The Hall–Kier alpha value is -0.0800. The summed E-state index contributed by atoms with van der Waals surface area (Å²) in [5.74, 6) is 0.768. The summed E-state index contributed by atoms with van der Waals surface area (Å²) in [6.45, 7) is 6.00. The van der Waals surface area contributed by atoms with Gasteiger partial charge >= 0.3 is 0 Å². The van der Waals surface area contributed by atoms with Crippen molar-refractivity contribution < 1.29 is 9.84 Å². The van der Waals surface area contributed by atoms with Crippen molar-refractivity contribution in [1.82, 2.24) is 0 Å². The van der Waals surface area contributed by atoms with Gasteiger partial charge < -0.3 is 9.84 Å². The van der Waals surface area contributed by atoms with Gasteiger partial charge in [-0.3, -0.25) is 0 Å². The number of hydrogen-bond acceptors (Lipinski definition) is 2. The van der Waals surface area contributed by atoms with Crippen molar-refractivity contribution in [3.05, 3.63) is 0 Å². The standard InChI is InChI=1S/C14H30O2/c1-3-4-5-6-7-8-9-14(2)10-12-16-13-11-15/h14-15H,3-13H2,1-2H3. The number of aliphatic hydroxyl groups excluding tert-OH is 1. The molecule has 0 saturated carbocycles. The second-order valence-corrected chi connectivity index (χ2v) is 4.79. The molecular weight excluding hydrogens is 200 g/mol. The molecule has 0 radical (unpaired) electrons. The predicted molar refractivity (Wildman–Crippen MR) is 69.7 cm³/mol. The van der Waals surface area contributed by atoms with E-state index in [0.717, 1.165) is 18.9 Å². The highest BCUT2D eigenvalue weighted by Crippen LogP contribution is 2.14. The molecule has 0 aliphatic heterocycles. The number of aliphatic hydroxyl groups is 1. The van der Waals surface area contributed by atoms with E-state index >= 15 is 0 Å². The summed E-state index contributed by atoms with van der Waals surface area (Å²) >= 11 is 0. The zero-order valence-electron chi connectivity index (χ0n) is 11.2. The molecule has 0 saturated heterocycles. The molecular formula is C14H30O2. The van der Waals surface area contributed by atoms with Crippen LogP contribution in [-0.2, 0) is 4.74 Å². The zero-order chi connectivity index (χ0) is 12.1. The number of rotatable bonds is 12. The molecule has 0 heterocycles. The third kappa shape index (κ3) is 12.0. The maximum atomic E-state index is 8.55. The van der Waals surface area contributed by atoms with Crippen LogP contribution >= 0.6 is 0 Å². The van der Waals surface area contributed by atoms with E-state index in [4.69, 9.17) is 9.84 Å². The average molecular weight is 230 g/mol. The van der Waals surface area contributed by atoms with Gasteiger partial charge in [-0.05, 0) is 12.3 Å². The van der Waals surface area contributed by atoms with Crippen molar-refractivity contribution in [2.24, 2.45) is 5.92 Å². The highest BCUT2D eigenvalue weighted by molar-refractivity contribution is 4.54. The van der Waals surface area contributed by atoms with E-state index in [1.165, 1.54) is 44.9 Å². The Morgan fingerprint density at radius 3 is 2.31 bits per heavy atom. The highest BCUT2D eigenvalue weighted by Gasteiger charge is 2.01. The van der Waals surface area contributed by atoms with Gasteiger partial charge in [0, 0.05) is 6.61 Å². The molecule has 1 atom stereocenters. The first-order chi connectivity index (χ1) is 7.81. The Labute approximate surface area is 101 Å². The van der Waals surface area contributed by atoms with Crippen LogP contribution in [0.2, 0.25) is 0 Å². The van der Waals surface area contributed by atoms with E-state index in [9.17, 15) is 0 Å². The topological polar surface area (TPSA) is 29.5 Å². The molecule has 1 unspecified atom stereocenters. The lowest BCUT2D eigenvalue weighted by molar-refractivity contribution is 0.0834. The molecule has 0 aromatic heterocycles. The smallest absolute Gasteiger partial charge is 0.0697 e. The third-order valence-corrected chi connectivity index (χ3v) is 3.04. The molecule has 2 heteroatoms. The van der Waals surface area contributed by atoms with Crippen LogP contribution in [0, 0.1) is 5.92 Å². The molecule has 0 amide bonds. The van der Waals surface area contributed by atoms with Crippen LogP contribution in [0.5, 0.6) is 0 Å². The van der Waals surface area contributed by atoms with Crippen LogP contribution in [0.3, 0.4) is 0 Å². The van der Waals surface area contributed by atoms with E-state index in [1.807, 2.05) is 0 Å². The largest absolute Gasteiger partial charge is 0.394 e. The van der Waals surface area contributed by atoms with E-state index in [1.54, 1.807) is 0 Å². The molecule has 0 spiro atoms. The maximum Gasteiger partial charge on any atom is 0.0697 e. The van der Waals surface area contributed by atoms with E-state index in [2.05, 4.69) is 13.8 Å². The van der Waals surface area contributed by atoms with Gasteiger partial charge in [0.25, 0.3) is 0 Å². The summed E-state index contributed by atoms with van der Waals surface area (Å²) in [5.41, 5.74) is 0. The number of ether oxygens (including phenoxy) is 1. The van der Waals surface area contributed by atoms with Gasteiger partial charge in [-0.25, -0.2) is 0 Å². The molecule has 0 rings (SSSR count). The summed E-state index contributed by atoms with van der Waals surface area (Å²) in [7, 11) is 0. The van der Waals surface area contributed by atoms with E-state index in [0.29, 0.717) is 6.61 Å². The van der Waals surface area contributed by atoms with Crippen LogP contribution in [0.25, 0.3) is 0 Å². The molecule has 16 heavy (non-hydrogen) atoms. The van der Waals surface area contributed by atoms with Crippen molar-refractivity contribution in [1.29, 1.82) is 0 Å². The van der Waals surface area contributed by atoms with E-state index < -0.39 is 0 Å². The Morgan fingerprint density at radius 2 is 1.62 bits per heavy atom. The second-order valence-electron chi connectivity index (χ2n) is 4.79. The van der Waals surface area contributed by atoms with Crippen molar-refractivity contribution in [3.8, 4) is 0 Å². The van der Waals surface area contributed by atoms with Gasteiger partial charge in [-0.2, -0.15) is 0 Å². The SMILES string of the molecule is CCCCCCCCC(C)CCOCCO. The van der Waals surface area contributed by atoms with Gasteiger partial charge in [-0.1, -0.05) is 58.8 Å².